The number of hydrogen-bond acceptors (Lipinski definition) is 3. The predicted molar refractivity (Wildman–Crippen MR) is 51.6 cm³/mol. The van der Waals surface area contributed by atoms with Crippen LogP contribution in [0.1, 0.15) is 39.5 Å². The van der Waals surface area contributed by atoms with Gasteiger partial charge in [0.2, 0.25) is 0 Å². The Bertz CT molecular complexity index is 102. The van der Waals surface area contributed by atoms with Crippen molar-refractivity contribution in [2.24, 2.45) is 0 Å². The van der Waals surface area contributed by atoms with Crippen LogP contribution in [0.3, 0.4) is 0 Å². The SMILES string of the molecule is CCC[CH2][Sn+2][CH2]CCC.O=[Si]([O-])[O-]. The first-order chi connectivity index (χ1) is 6.15. The van der Waals surface area contributed by atoms with Crippen LogP contribution in [-0.2, 0) is 4.46 Å². The van der Waals surface area contributed by atoms with Crippen LogP contribution >= 0.6 is 0 Å². The standard InChI is InChI=1S/2C4H9.O3Si.Sn/c2*1-3-4-2;1-4(2)3;/h2*1,3-4H2,2H3;;/q;;-2;+2. The fraction of sp³-hybridized carbons (Fsp3) is 1.00. The van der Waals surface area contributed by atoms with E-state index in [1.54, 1.807) is 8.87 Å². The number of rotatable bonds is 6. The summed E-state index contributed by atoms with van der Waals surface area (Å²) in [6.07, 6.45) is 5.84. The summed E-state index contributed by atoms with van der Waals surface area (Å²) in [7, 11) is -3.63. The van der Waals surface area contributed by atoms with E-state index in [-0.39, 0.29) is 21.1 Å². The summed E-state index contributed by atoms with van der Waals surface area (Å²) in [5.74, 6) is 0. The smallest absolute Gasteiger partial charge is 0.0172 e. The molecular formula is C8H18O3SiSn. The Morgan fingerprint density at radius 3 is 1.62 bits per heavy atom. The van der Waals surface area contributed by atoms with Crippen LogP contribution in [0.4, 0.5) is 0 Å². The summed E-state index contributed by atoms with van der Waals surface area (Å²) in [4.78, 5) is 17.0. The van der Waals surface area contributed by atoms with Crippen molar-refractivity contribution in [3.8, 4) is 0 Å². The van der Waals surface area contributed by atoms with Gasteiger partial charge in [-0.2, -0.15) is 0 Å². The summed E-state index contributed by atoms with van der Waals surface area (Å²) in [6, 6.07) is 0. The predicted octanol–water partition coefficient (Wildman–Crippen LogP) is 0.250. The first-order valence-electron chi connectivity index (χ1n) is 4.73. The van der Waals surface area contributed by atoms with Gasteiger partial charge in [0, 0.05) is 9.17 Å². The van der Waals surface area contributed by atoms with Crippen LogP contribution in [0.15, 0.2) is 0 Å². The zero-order valence-electron chi connectivity index (χ0n) is 8.47. The minimum absolute atomic E-state index is 0.149. The summed E-state index contributed by atoms with van der Waals surface area (Å²) in [5, 5.41) is 0. The van der Waals surface area contributed by atoms with Gasteiger partial charge in [0.25, 0.3) is 0 Å². The third kappa shape index (κ3) is 32.7. The average Bonchev–Trinajstić information content (AvgIpc) is 2.03. The molecule has 0 aromatic rings. The molecule has 0 rings (SSSR count). The Labute approximate surface area is 92.7 Å². The van der Waals surface area contributed by atoms with Crippen LogP contribution in [-0.4, -0.2) is 30.3 Å². The van der Waals surface area contributed by atoms with Gasteiger partial charge in [-0.05, 0) is 0 Å². The van der Waals surface area contributed by atoms with Crippen LogP contribution in [0.25, 0.3) is 0 Å². The zero-order chi connectivity index (χ0) is 10.5. The Morgan fingerprint density at radius 1 is 1.08 bits per heavy atom. The molecule has 5 heteroatoms. The number of unbranched alkanes of at least 4 members (excludes halogenated alkanes) is 2. The van der Waals surface area contributed by atoms with Gasteiger partial charge in [0.1, 0.15) is 0 Å². The molecule has 0 saturated heterocycles. The van der Waals surface area contributed by atoms with Crippen molar-refractivity contribution in [3.05, 3.63) is 0 Å². The molecule has 0 aliphatic rings. The second-order valence-electron chi connectivity index (χ2n) is 2.71. The van der Waals surface area contributed by atoms with E-state index < -0.39 is 9.17 Å². The van der Waals surface area contributed by atoms with Gasteiger partial charge in [-0.3, -0.25) is 0 Å². The normalized spacial score (nSPS) is 8.15. The first-order valence-corrected chi connectivity index (χ1v) is 9.99. The van der Waals surface area contributed by atoms with Crippen LogP contribution in [0, 0.1) is 0 Å². The van der Waals surface area contributed by atoms with Gasteiger partial charge < -0.3 is 14.1 Å². The molecule has 76 valence electrons. The van der Waals surface area contributed by atoms with E-state index in [9.17, 15) is 0 Å². The van der Waals surface area contributed by atoms with E-state index in [0.29, 0.717) is 0 Å². The van der Waals surface area contributed by atoms with Crippen LogP contribution < -0.4 is 9.59 Å². The molecular weight excluding hydrogens is 291 g/mol. The molecule has 0 fully saturated rings. The molecule has 0 unspecified atom stereocenters. The molecule has 3 nitrogen and oxygen atoms in total. The monoisotopic (exact) mass is 310 g/mol. The molecule has 0 aromatic heterocycles. The fourth-order valence-electron chi connectivity index (χ4n) is 0.729. The van der Waals surface area contributed by atoms with Gasteiger partial charge in [-0.25, -0.2) is 0 Å². The Morgan fingerprint density at radius 2 is 1.38 bits per heavy atom. The Balaban J connectivity index is 0. The molecule has 0 aliphatic carbocycles. The summed E-state index contributed by atoms with van der Waals surface area (Å²) in [6.45, 7) is 4.58. The van der Waals surface area contributed by atoms with Crippen molar-refractivity contribution >= 4 is 30.3 Å². The second kappa shape index (κ2) is 14.9. The van der Waals surface area contributed by atoms with Gasteiger partial charge in [0.15, 0.2) is 0 Å². The topological polar surface area (TPSA) is 63.2 Å². The Hall–Kier alpha value is 0.416. The molecule has 13 heavy (non-hydrogen) atoms. The van der Waals surface area contributed by atoms with E-state index in [1.807, 2.05) is 0 Å². The van der Waals surface area contributed by atoms with Gasteiger partial charge in [0.05, 0.1) is 0 Å². The third-order valence-corrected chi connectivity index (χ3v) is 5.45. The van der Waals surface area contributed by atoms with Crippen molar-refractivity contribution in [3.63, 3.8) is 0 Å². The molecule has 0 amide bonds. The van der Waals surface area contributed by atoms with Crippen LogP contribution in [0.5, 0.6) is 0 Å². The van der Waals surface area contributed by atoms with Crippen molar-refractivity contribution in [2.45, 2.75) is 48.4 Å². The second-order valence-corrected chi connectivity index (χ2v) is 7.49. The van der Waals surface area contributed by atoms with E-state index in [0.717, 1.165) is 0 Å². The minimum Gasteiger partial charge on any atom is -0.672 e. The molecule has 0 N–H and O–H groups in total. The van der Waals surface area contributed by atoms with Crippen molar-refractivity contribution in [1.82, 2.24) is 0 Å². The number of hydrogen-bond donors (Lipinski definition) is 0. The maximum absolute atomic E-state index is 8.52. The average molecular weight is 309 g/mol. The molecule has 0 radical (unpaired) electrons. The van der Waals surface area contributed by atoms with Gasteiger partial charge in [-0.15, -0.1) is 0 Å². The van der Waals surface area contributed by atoms with E-state index in [1.165, 1.54) is 25.7 Å². The molecule has 0 heterocycles. The van der Waals surface area contributed by atoms with Crippen molar-refractivity contribution in [2.75, 3.05) is 0 Å². The largest absolute Gasteiger partial charge is 0.672 e. The van der Waals surface area contributed by atoms with E-state index >= 15 is 0 Å². The molecule has 0 bridgehead atoms. The van der Waals surface area contributed by atoms with Crippen LogP contribution in [0.2, 0.25) is 8.87 Å². The summed E-state index contributed by atoms with van der Waals surface area (Å²) < 4.78 is 11.8. The maximum Gasteiger partial charge on any atom is 0.0172 e. The molecule has 0 aromatic carbocycles. The fourth-order valence-corrected chi connectivity index (χ4v) is 4.89. The van der Waals surface area contributed by atoms with E-state index in [2.05, 4.69) is 13.8 Å². The molecule has 0 aliphatic heterocycles. The quantitative estimate of drug-likeness (QED) is 0.522. The zero-order valence-corrected chi connectivity index (χ0v) is 12.3. The van der Waals surface area contributed by atoms with E-state index in [4.69, 9.17) is 14.1 Å². The van der Waals surface area contributed by atoms with Gasteiger partial charge >= 0.3 is 69.5 Å². The molecule has 0 saturated carbocycles. The van der Waals surface area contributed by atoms with Crippen molar-refractivity contribution < 1.29 is 14.1 Å². The minimum atomic E-state index is -3.63. The van der Waals surface area contributed by atoms with Crippen molar-refractivity contribution in [1.29, 1.82) is 0 Å². The first kappa shape index (κ1) is 15.9. The van der Waals surface area contributed by atoms with Gasteiger partial charge in [-0.1, -0.05) is 0 Å². The maximum atomic E-state index is 8.52. The molecule has 0 spiro atoms. The molecule has 0 atom stereocenters. The third-order valence-electron chi connectivity index (χ3n) is 1.41. The summed E-state index contributed by atoms with van der Waals surface area (Å²) >= 11 is 0.149. The summed E-state index contributed by atoms with van der Waals surface area (Å²) in [5.41, 5.74) is 0. The Kier molecular flexibility index (Phi) is 18.2.